The summed E-state index contributed by atoms with van der Waals surface area (Å²) in [6, 6.07) is 5.91. The van der Waals surface area contributed by atoms with Crippen molar-refractivity contribution in [1.29, 1.82) is 0 Å². The molecule has 4 heterocycles. The van der Waals surface area contributed by atoms with Gasteiger partial charge in [-0.25, -0.2) is 18.7 Å². The van der Waals surface area contributed by atoms with E-state index in [-0.39, 0.29) is 17.9 Å². The predicted octanol–water partition coefficient (Wildman–Crippen LogP) is 3.46. The van der Waals surface area contributed by atoms with Crippen LogP contribution in [0.4, 0.5) is 20.7 Å². The van der Waals surface area contributed by atoms with Crippen LogP contribution in [0.2, 0.25) is 5.02 Å². The summed E-state index contributed by atoms with van der Waals surface area (Å²) in [4.78, 5) is 21.0. The Morgan fingerprint density at radius 2 is 2.13 bits per heavy atom. The van der Waals surface area contributed by atoms with Crippen molar-refractivity contribution in [2.24, 2.45) is 0 Å². The van der Waals surface area contributed by atoms with Crippen LogP contribution < -0.4 is 10.2 Å². The smallest absolute Gasteiger partial charge is 0.322 e. The van der Waals surface area contributed by atoms with Gasteiger partial charge in [0.05, 0.1) is 18.3 Å². The Morgan fingerprint density at radius 1 is 1.26 bits per heavy atom. The number of carbonyl (C=O) groups excluding carboxylic acids is 1. The van der Waals surface area contributed by atoms with E-state index in [1.54, 1.807) is 27.9 Å². The molecule has 5 rings (SSSR count). The number of carbonyl (C=O) groups is 1. The van der Waals surface area contributed by atoms with E-state index in [1.807, 2.05) is 6.07 Å². The van der Waals surface area contributed by atoms with Crippen molar-refractivity contribution in [2.75, 3.05) is 29.9 Å². The van der Waals surface area contributed by atoms with E-state index in [0.717, 1.165) is 24.9 Å². The highest BCUT2D eigenvalue weighted by Gasteiger charge is 2.30. The number of aliphatic hydroxyl groups excluding tert-OH is 1. The van der Waals surface area contributed by atoms with Crippen molar-refractivity contribution >= 4 is 34.8 Å². The van der Waals surface area contributed by atoms with Crippen molar-refractivity contribution in [2.45, 2.75) is 31.4 Å². The summed E-state index contributed by atoms with van der Waals surface area (Å²) in [5.41, 5.74) is 1.75. The van der Waals surface area contributed by atoms with Gasteiger partial charge in [0.2, 0.25) is 0 Å². The zero-order valence-electron chi connectivity index (χ0n) is 16.7. The number of nitrogens with one attached hydrogen (secondary N) is 1. The maximum absolute atomic E-state index is 13.9. The van der Waals surface area contributed by atoms with Gasteiger partial charge in [-0.15, -0.1) is 0 Å². The van der Waals surface area contributed by atoms with Crippen LogP contribution in [0.25, 0.3) is 5.65 Å². The number of fused-ring (bicyclic) bond motifs is 1. The second kappa shape index (κ2) is 7.97. The summed E-state index contributed by atoms with van der Waals surface area (Å²) in [6.45, 7) is 1.59. The first-order valence-electron chi connectivity index (χ1n) is 10.3. The highest BCUT2D eigenvalue weighted by Crippen LogP contribution is 2.38. The zero-order chi connectivity index (χ0) is 21.5. The van der Waals surface area contributed by atoms with Gasteiger partial charge in [-0.1, -0.05) is 11.6 Å². The van der Waals surface area contributed by atoms with Crippen molar-refractivity contribution in [3.05, 3.63) is 53.1 Å². The Balaban J connectivity index is 1.43. The molecule has 0 aliphatic carbocycles. The fourth-order valence-corrected chi connectivity index (χ4v) is 4.61. The van der Waals surface area contributed by atoms with Crippen molar-refractivity contribution in [3.8, 4) is 0 Å². The van der Waals surface area contributed by atoms with E-state index in [2.05, 4.69) is 15.3 Å². The van der Waals surface area contributed by atoms with Gasteiger partial charge in [0.25, 0.3) is 0 Å². The predicted molar refractivity (Wildman–Crippen MR) is 115 cm³/mol. The first-order chi connectivity index (χ1) is 15.0. The van der Waals surface area contributed by atoms with Crippen LogP contribution in [0.15, 0.2) is 36.7 Å². The quantitative estimate of drug-likeness (QED) is 0.646. The maximum Gasteiger partial charge on any atom is 0.322 e. The molecule has 2 fully saturated rings. The fraction of sp³-hybridized carbons (Fsp3) is 0.381. The lowest BCUT2D eigenvalue weighted by Gasteiger charge is -2.27. The third-order valence-corrected chi connectivity index (χ3v) is 6.25. The largest absolute Gasteiger partial charge is 0.391 e. The van der Waals surface area contributed by atoms with Gasteiger partial charge < -0.3 is 20.2 Å². The number of anilines is 2. The second-order valence-corrected chi connectivity index (χ2v) is 8.36. The topological polar surface area (TPSA) is 86.0 Å². The molecule has 31 heavy (non-hydrogen) atoms. The van der Waals surface area contributed by atoms with Crippen LogP contribution in [0.1, 0.15) is 30.9 Å². The van der Waals surface area contributed by atoms with Crippen molar-refractivity contribution < 1.29 is 14.3 Å². The number of β-amino-alcohol motifs (C(OH)–C–C–N with tert-alkyl or cyclic N) is 1. The summed E-state index contributed by atoms with van der Waals surface area (Å²) < 4.78 is 15.5. The molecule has 10 heteroatoms. The summed E-state index contributed by atoms with van der Waals surface area (Å²) >= 11 is 6.36. The van der Waals surface area contributed by atoms with Gasteiger partial charge >= 0.3 is 6.03 Å². The molecule has 0 radical (unpaired) electrons. The fourth-order valence-electron chi connectivity index (χ4n) is 4.36. The standard InChI is InChI=1S/C21H22ClFN6O2/c22-16-4-3-13(23)10-15(16)18-2-1-7-28(18)19-6-9-29-20(26-19)17(11-24-29)25-21(31)27-8-5-14(30)12-27/h3-4,6,9-11,14,18,30H,1-2,5,7-8,12H2,(H,25,31). The highest BCUT2D eigenvalue weighted by atomic mass is 35.5. The molecule has 2 N–H and O–H groups in total. The Kier molecular flexibility index (Phi) is 5.15. The van der Waals surface area contributed by atoms with E-state index < -0.39 is 6.10 Å². The molecular formula is C21H22ClFN6O2. The number of aliphatic hydroxyl groups is 1. The number of nitrogens with zero attached hydrogens (tertiary/aromatic N) is 5. The molecule has 0 bridgehead atoms. The van der Waals surface area contributed by atoms with Gasteiger partial charge in [-0.2, -0.15) is 5.10 Å². The summed E-state index contributed by atoms with van der Waals surface area (Å²) in [6.07, 6.45) is 5.21. The zero-order valence-corrected chi connectivity index (χ0v) is 17.5. The number of halogens is 2. The van der Waals surface area contributed by atoms with Crippen LogP contribution in [0, 0.1) is 5.82 Å². The van der Waals surface area contributed by atoms with Gasteiger partial charge in [-0.05, 0) is 49.1 Å². The monoisotopic (exact) mass is 444 g/mol. The number of amides is 2. The molecule has 2 atom stereocenters. The Hall–Kier alpha value is -2.91. The SMILES string of the molecule is O=C(Nc1cnn2ccc(N3CCCC3c3cc(F)ccc3Cl)nc12)N1CCC(O)C1. The molecule has 3 aromatic rings. The van der Waals surface area contributed by atoms with Crippen molar-refractivity contribution in [3.63, 3.8) is 0 Å². The second-order valence-electron chi connectivity index (χ2n) is 7.95. The molecule has 0 saturated carbocycles. The molecule has 1 aromatic carbocycles. The number of urea groups is 1. The van der Waals surface area contributed by atoms with E-state index in [4.69, 9.17) is 16.6 Å². The minimum atomic E-state index is -0.485. The first kappa shape index (κ1) is 20.0. The van der Waals surface area contributed by atoms with E-state index in [0.29, 0.717) is 41.7 Å². The molecule has 2 aromatic heterocycles. The number of rotatable bonds is 3. The van der Waals surface area contributed by atoms with Crippen LogP contribution in [0.5, 0.6) is 0 Å². The Labute approximate surface area is 183 Å². The highest BCUT2D eigenvalue weighted by molar-refractivity contribution is 6.31. The molecule has 2 unspecified atom stereocenters. The lowest BCUT2D eigenvalue weighted by Crippen LogP contribution is -2.33. The van der Waals surface area contributed by atoms with Crippen LogP contribution >= 0.6 is 11.6 Å². The van der Waals surface area contributed by atoms with Crippen molar-refractivity contribution in [1.82, 2.24) is 19.5 Å². The van der Waals surface area contributed by atoms with E-state index >= 15 is 0 Å². The van der Waals surface area contributed by atoms with Gasteiger partial charge in [0, 0.05) is 30.9 Å². The normalized spacial score (nSPS) is 21.3. The van der Waals surface area contributed by atoms with Crippen LogP contribution in [-0.4, -0.2) is 56.4 Å². The van der Waals surface area contributed by atoms with E-state index in [1.165, 1.54) is 12.1 Å². The lowest BCUT2D eigenvalue weighted by atomic mass is 10.0. The Morgan fingerprint density at radius 3 is 2.94 bits per heavy atom. The molecule has 2 aliphatic rings. The summed E-state index contributed by atoms with van der Waals surface area (Å²) in [5.74, 6) is 0.394. The van der Waals surface area contributed by atoms with Gasteiger partial charge in [0.15, 0.2) is 5.65 Å². The lowest BCUT2D eigenvalue weighted by molar-refractivity contribution is 0.176. The Bertz CT molecular complexity index is 1140. The third kappa shape index (κ3) is 3.79. The number of likely N-dealkylation sites (tertiary alicyclic amines) is 1. The molecular weight excluding hydrogens is 423 g/mol. The molecule has 0 spiro atoms. The third-order valence-electron chi connectivity index (χ3n) is 5.91. The van der Waals surface area contributed by atoms with Crippen LogP contribution in [0.3, 0.4) is 0 Å². The number of hydrogen-bond acceptors (Lipinski definition) is 5. The first-order valence-corrected chi connectivity index (χ1v) is 10.7. The average Bonchev–Trinajstić information content (AvgIpc) is 3.49. The minimum absolute atomic E-state index is 0.0785. The molecule has 162 valence electrons. The summed E-state index contributed by atoms with van der Waals surface area (Å²) in [5, 5.41) is 17.3. The van der Waals surface area contributed by atoms with E-state index in [9.17, 15) is 14.3 Å². The minimum Gasteiger partial charge on any atom is -0.391 e. The van der Waals surface area contributed by atoms with Crippen LogP contribution in [-0.2, 0) is 0 Å². The van der Waals surface area contributed by atoms with Gasteiger partial charge in [0.1, 0.15) is 17.3 Å². The molecule has 2 aliphatic heterocycles. The molecule has 2 amide bonds. The molecule has 2 saturated heterocycles. The van der Waals surface area contributed by atoms with Gasteiger partial charge in [-0.3, -0.25) is 0 Å². The number of aromatic nitrogens is 3. The summed E-state index contributed by atoms with van der Waals surface area (Å²) in [7, 11) is 0. The number of benzene rings is 1. The number of hydrogen-bond donors (Lipinski definition) is 2. The molecule has 8 nitrogen and oxygen atoms in total. The average molecular weight is 445 g/mol. The maximum atomic E-state index is 13.9.